The Balaban J connectivity index is 2.28. The van der Waals surface area contributed by atoms with Gasteiger partial charge in [-0.05, 0) is 58.7 Å². The Morgan fingerprint density at radius 2 is 2.05 bits per heavy atom. The summed E-state index contributed by atoms with van der Waals surface area (Å²) in [6.45, 7) is 1.94. The molecule has 0 aliphatic rings. The van der Waals surface area contributed by atoms with Crippen molar-refractivity contribution in [3.05, 3.63) is 52.0 Å². The van der Waals surface area contributed by atoms with Gasteiger partial charge < -0.3 is 15.8 Å². The predicted octanol–water partition coefficient (Wildman–Crippen LogP) is 3.60. The van der Waals surface area contributed by atoms with Crippen LogP contribution in [0.4, 0.5) is 11.4 Å². The number of aryl methyl sites for hydroxylation is 1. The first kappa shape index (κ1) is 14.4. The smallest absolute Gasteiger partial charge is 0.255 e. The maximum Gasteiger partial charge on any atom is 0.255 e. The molecule has 20 heavy (non-hydrogen) atoms. The maximum atomic E-state index is 12.2. The summed E-state index contributed by atoms with van der Waals surface area (Å²) in [6.07, 6.45) is 0. The summed E-state index contributed by atoms with van der Waals surface area (Å²) < 4.78 is 5.86. The Morgan fingerprint density at radius 3 is 2.70 bits per heavy atom. The number of anilines is 2. The van der Waals surface area contributed by atoms with Crippen molar-refractivity contribution in [1.82, 2.24) is 0 Å². The van der Waals surface area contributed by atoms with Crippen molar-refractivity contribution in [2.24, 2.45) is 0 Å². The number of benzene rings is 2. The third-order valence-electron chi connectivity index (χ3n) is 2.84. The van der Waals surface area contributed by atoms with E-state index in [2.05, 4.69) is 21.2 Å². The summed E-state index contributed by atoms with van der Waals surface area (Å²) in [5, 5.41) is 2.81. The van der Waals surface area contributed by atoms with Gasteiger partial charge in [-0.2, -0.15) is 0 Å². The highest BCUT2D eigenvalue weighted by Gasteiger charge is 2.12. The molecular formula is C15H15BrN2O2. The molecule has 4 nitrogen and oxygen atoms in total. The van der Waals surface area contributed by atoms with Crippen LogP contribution >= 0.6 is 15.9 Å². The molecule has 0 fully saturated rings. The Labute approximate surface area is 126 Å². The molecule has 0 aliphatic heterocycles. The Kier molecular flexibility index (Phi) is 4.29. The van der Waals surface area contributed by atoms with E-state index in [1.165, 1.54) is 0 Å². The zero-order valence-corrected chi connectivity index (χ0v) is 12.8. The molecule has 5 heteroatoms. The molecule has 0 saturated carbocycles. The first-order valence-electron chi connectivity index (χ1n) is 6.02. The molecule has 3 N–H and O–H groups in total. The lowest BCUT2D eigenvalue weighted by Gasteiger charge is -2.12. The van der Waals surface area contributed by atoms with Gasteiger partial charge in [-0.1, -0.05) is 6.07 Å². The molecule has 0 atom stereocenters. The first-order chi connectivity index (χ1) is 9.51. The summed E-state index contributed by atoms with van der Waals surface area (Å²) in [7, 11) is 1.56. The molecule has 104 valence electrons. The molecular weight excluding hydrogens is 320 g/mol. The minimum absolute atomic E-state index is 0.236. The fourth-order valence-electron chi connectivity index (χ4n) is 1.85. The number of methoxy groups -OCH3 is 1. The van der Waals surface area contributed by atoms with Crippen molar-refractivity contribution in [2.75, 3.05) is 18.2 Å². The van der Waals surface area contributed by atoms with Crippen LogP contribution < -0.4 is 15.8 Å². The Bertz CT molecular complexity index is 633. The molecule has 0 aromatic heterocycles. The summed E-state index contributed by atoms with van der Waals surface area (Å²) >= 11 is 3.41. The molecule has 0 unspecified atom stereocenters. The van der Waals surface area contributed by atoms with Crippen LogP contribution in [0.1, 0.15) is 15.9 Å². The monoisotopic (exact) mass is 334 g/mol. The fourth-order valence-corrected chi connectivity index (χ4v) is 2.54. The molecule has 2 rings (SSSR count). The number of rotatable bonds is 3. The maximum absolute atomic E-state index is 12.2. The summed E-state index contributed by atoms with van der Waals surface area (Å²) in [5.41, 5.74) is 8.56. The minimum atomic E-state index is -0.236. The lowest BCUT2D eigenvalue weighted by atomic mass is 10.1. The van der Waals surface area contributed by atoms with Gasteiger partial charge in [-0.15, -0.1) is 0 Å². The van der Waals surface area contributed by atoms with E-state index in [0.717, 1.165) is 10.0 Å². The van der Waals surface area contributed by atoms with Crippen LogP contribution in [0.5, 0.6) is 5.75 Å². The van der Waals surface area contributed by atoms with E-state index in [-0.39, 0.29) is 5.91 Å². The standard InChI is InChI=1S/C15H15BrN2O2/c1-9-6-12(16)14(13(17)7-9)18-15(19)10-4-3-5-11(8-10)20-2/h3-8H,17H2,1-2H3,(H,18,19). The van der Waals surface area contributed by atoms with E-state index in [1.807, 2.05) is 19.1 Å². The number of nitrogens with two attached hydrogens (primary N) is 1. The van der Waals surface area contributed by atoms with Crippen molar-refractivity contribution in [3.63, 3.8) is 0 Å². The van der Waals surface area contributed by atoms with Crippen LogP contribution in [0.25, 0.3) is 0 Å². The van der Waals surface area contributed by atoms with Crippen LogP contribution in [0.2, 0.25) is 0 Å². The van der Waals surface area contributed by atoms with Crippen molar-refractivity contribution >= 4 is 33.2 Å². The van der Waals surface area contributed by atoms with Crippen molar-refractivity contribution < 1.29 is 9.53 Å². The topological polar surface area (TPSA) is 64.3 Å². The van der Waals surface area contributed by atoms with E-state index in [9.17, 15) is 4.79 Å². The average molecular weight is 335 g/mol. The minimum Gasteiger partial charge on any atom is -0.497 e. The van der Waals surface area contributed by atoms with Gasteiger partial charge in [0.25, 0.3) is 5.91 Å². The fraction of sp³-hybridized carbons (Fsp3) is 0.133. The van der Waals surface area contributed by atoms with E-state index in [0.29, 0.717) is 22.7 Å². The van der Waals surface area contributed by atoms with E-state index in [1.54, 1.807) is 31.4 Å². The van der Waals surface area contributed by atoms with Gasteiger partial charge in [0.15, 0.2) is 0 Å². The third kappa shape index (κ3) is 3.11. The van der Waals surface area contributed by atoms with E-state index >= 15 is 0 Å². The second kappa shape index (κ2) is 5.96. The summed E-state index contributed by atoms with van der Waals surface area (Å²) in [4.78, 5) is 12.2. The van der Waals surface area contributed by atoms with Gasteiger partial charge in [0, 0.05) is 10.0 Å². The number of hydrogen-bond acceptors (Lipinski definition) is 3. The van der Waals surface area contributed by atoms with Crippen LogP contribution in [-0.2, 0) is 0 Å². The number of hydrogen-bond donors (Lipinski definition) is 2. The Morgan fingerprint density at radius 1 is 1.30 bits per heavy atom. The van der Waals surface area contributed by atoms with Gasteiger partial charge in [0.2, 0.25) is 0 Å². The molecule has 2 aromatic carbocycles. The van der Waals surface area contributed by atoms with Gasteiger partial charge in [0.05, 0.1) is 18.5 Å². The van der Waals surface area contributed by atoms with Gasteiger partial charge >= 0.3 is 0 Å². The highest BCUT2D eigenvalue weighted by atomic mass is 79.9. The molecule has 0 bridgehead atoms. The molecule has 1 amide bonds. The molecule has 2 aromatic rings. The third-order valence-corrected chi connectivity index (χ3v) is 3.46. The van der Waals surface area contributed by atoms with Crippen molar-refractivity contribution in [1.29, 1.82) is 0 Å². The molecule has 0 radical (unpaired) electrons. The Hall–Kier alpha value is -2.01. The SMILES string of the molecule is COc1cccc(C(=O)Nc2c(N)cc(C)cc2Br)c1. The quantitative estimate of drug-likeness (QED) is 0.843. The van der Waals surface area contributed by atoms with E-state index in [4.69, 9.17) is 10.5 Å². The van der Waals surface area contributed by atoms with Crippen molar-refractivity contribution in [3.8, 4) is 5.75 Å². The molecule has 0 saturated heterocycles. The number of nitrogen functional groups attached to an aromatic ring is 1. The zero-order chi connectivity index (χ0) is 14.7. The number of nitrogens with one attached hydrogen (secondary N) is 1. The lowest BCUT2D eigenvalue weighted by molar-refractivity contribution is 0.102. The lowest BCUT2D eigenvalue weighted by Crippen LogP contribution is -2.13. The normalized spacial score (nSPS) is 10.2. The summed E-state index contributed by atoms with van der Waals surface area (Å²) in [5.74, 6) is 0.397. The first-order valence-corrected chi connectivity index (χ1v) is 6.81. The van der Waals surface area contributed by atoms with Crippen LogP contribution in [0, 0.1) is 6.92 Å². The average Bonchev–Trinajstić information content (AvgIpc) is 2.42. The number of ether oxygens (including phenoxy) is 1. The molecule has 0 heterocycles. The van der Waals surface area contributed by atoms with Crippen LogP contribution in [-0.4, -0.2) is 13.0 Å². The van der Waals surface area contributed by atoms with Gasteiger partial charge in [0.1, 0.15) is 5.75 Å². The number of carbonyl (C=O) groups excluding carboxylic acids is 1. The highest BCUT2D eigenvalue weighted by Crippen LogP contribution is 2.30. The zero-order valence-electron chi connectivity index (χ0n) is 11.2. The molecule has 0 spiro atoms. The van der Waals surface area contributed by atoms with Crippen LogP contribution in [0.3, 0.4) is 0 Å². The van der Waals surface area contributed by atoms with E-state index < -0.39 is 0 Å². The number of carbonyl (C=O) groups is 1. The largest absolute Gasteiger partial charge is 0.497 e. The van der Waals surface area contributed by atoms with Gasteiger partial charge in [-0.25, -0.2) is 0 Å². The number of halogens is 1. The highest BCUT2D eigenvalue weighted by molar-refractivity contribution is 9.10. The second-order valence-corrected chi connectivity index (χ2v) is 5.25. The predicted molar refractivity (Wildman–Crippen MR) is 84.2 cm³/mol. The van der Waals surface area contributed by atoms with Crippen LogP contribution in [0.15, 0.2) is 40.9 Å². The molecule has 0 aliphatic carbocycles. The van der Waals surface area contributed by atoms with Crippen molar-refractivity contribution in [2.45, 2.75) is 6.92 Å². The second-order valence-electron chi connectivity index (χ2n) is 4.40. The van der Waals surface area contributed by atoms with Gasteiger partial charge in [-0.3, -0.25) is 4.79 Å². The number of amides is 1. The summed E-state index contributed by atoms with van der Waals surface area (Å²) in [6, 6.07) is 10.7.